The average Bonchev–Trinajstić information content (AvgIpc) is 3.10. The van der Waals surface area contributed by atoms with Crippen LogP contribution in [0.4, 0.5) is 5.69 Å². The van der Waals surface area contributed by atoms with Crippen molar-refractivity contribution in [3.05, 3.63) is 59.2 Å². The van der Waals surface area contributed by atoms with Gasteiger partial charge in [0, 0.05) is 22.7 Å². The van der Waals surface area contributed by atoms with Crippen LogP contribution < -0.4 is 19.7 Å². The summed E-state index contributed by atoms with van der Waals surface area (Å²) in [6.07, 6.45) is 4.12. The summed E-state index contributed by atoms with van der Waals surface area (Å²) in [5, 5.41) is 3.25. The summed E-state index contributed by atoms with van der Waals surface area (Å²) in [5.41, 5.74) is 3.60. The van der Waals surface area contributed by atoms with Gasteiger partial charge in [-0.2, -0.15) is 0 Å². The molecule has 2 aliphatic rings. The number of hydrogen-bond acceptors (Lipinski definition) is 4. The van der Waals surface area contributed by atoms with E-state index >= 15 is 0 Å². The molecule has 0 saturated carbocycles. The lowest BCUT2D eigenvalue weighted by molar-refractivity contribution is -0.118. The number of hydrogen-bond donors (Lipinski definition) is 1. The fourth-order valence-corrected chi connectivity index (χ4v) is 4.45. The van der Waals surface area contributed by atoms with Crippen molar-refractivity contribution >= 4 is 17.7 Å². The molecule has 1 fully saturated rings. The lowest BCUT2D eigenvalue weighted by atomic mass is 9.75. The Bertz CT molecular complexity index is 980. The van der Waals surface area contributed by atoms with Crippen molar-refractivity contribution < 1.29 is 14.3 Å². The highest BCUT2D eigenvalue weighted by Crippen LogP contribution is 2.53. The van der Waals surface area contributed by atoms with Crippen molar-refractivity contribution in [3.63, 3.8) is 0 Å². The molecule has 0 spiro atoms. The van der Waals surface area contributed by atoms with E-state index in [0.29, 0.717) is 6.54 Å². The number of nitrogens with one attached hydrogen (secondary N) is 1. The molecule has 2 heterocycles. The molecule has 0 aliphatic carbocycles. The zero-order chi connectivity index (χ0) is 20.1. The molecule has 5 heteroatoms. The average molecular weight is 378 g/mol. The first-order chi connectivity index (χ1) is 13.3. The van der Waals surface area contributed by atoms with Gasteiger partial charge in [0.2, 0.25) is 5.91 Å². The predicted octanol–water partition coefficient (Wildman–Crippen LogP) is 3.65. The Morgan fingerprint density at radius 2 is 1.89 bits per heavy atom. The quantitative estimate of drug-likeness (QED) is 0.882. The minimum absolute atomic E-state index is 0.0330. The second kappa shape index (κ2) is 6.30. The number of benzene rings is 2. The summed E-state index contributed by atoms with van der Waals surface area (Å²) in [5.74, 6) is 1.50. The largest absolute Gasteiger partial charge is 0.497 e. The van der Waals surface area contributed by atoms with E-state index in [1.165, 1.54) is 11.1 Å². The third-order valence-corrected chi connectivity index (χ3v) is 6.07. The maximum absolute atomic E-state index is 12.4. The highest BCUT2D eigenvalue weighted by molar-refractivity contribution is 5.91. The maximum Gasteiger partial charge on any atom is 0.241 e. The van der Waals surface area contributed by atoms with Gasteiger partial charge in [0.25, 0.3) is 0 Å². The molecule has 1 saturated heterocycles. The van der Waals surface area contributed by atoms with Gasteiger partial charge >= 0.3 is 0 Å². The van der Waals surface area contributed by atoms with Crippen molar-refractivity contribution in [2.24, 2.45) is 0 Å². The first kappa shape index (κ1) is 18.4. The first-order valence-electron chi connectivity index (χ1n) is 9.43. The molecule has 28 heavy (non-hydrogen) atoms. The lowest BCUT2D eigenvalue weighted by Crippen LogP contribution is -2.58. The second-order valence-corrected chi connectivity index (χ2v) is 7.99. The monoisotopic (exact) mass is 378 g/mol. The molecule has 146 valence electrons. The van der Waals surface area contributed by atoms with E-state index < -0.39 is 5.66 Å². The smallest absolute Gasteiger partial charge is 0.241 e. The highest BCUT2D eigenvalue weighted by Gasteiger charge is 2.59. The summed E-state index contributed by atoms with van der Waals surface area (Å²) in [6, 6.07) is 12.2. The molecule has 1 N–H and O–H groups in total. The molecule has 1 amide bonds. The number of ether oxygens (including phenoxy) is 2. The van der Waals surface area contributed by atoms with E-state index in [1.54, 1.807) is 14.2 Å². The number of rotatable bonds is 4. The summed E-state index contributed by atoms with van der Waals surface area (Å²) in [7, 11) is 3.28. The number of amides is 1. The SMILES string of the molecule is COc1ccc(/C=C/[C@@]23NC(=O)CN2c2ccc(C)cc2C3(C)C)c(OC)c1. The molecule has 0 radical (unpaired) electrons. The number of nitrogens with zero attached hydrogens (tertiary/aromatic N) is 1. The molecule has 0 aromatic heterocycles. The fourth-order valence-electron chi connectivity index (χ4n) is 4.45. The van der Waals surface area contributed by atoms with E-state index in [-0.39, 0.29) is 11.3 Å². The van der Waals surface area contributed by atoms with Crippen LogP contribution in [0, 0.1) is 6.92 Å². The minimum atomic E-state index is -0.620. The van der Waals surface area contributed by atoms with Crippen molar-refractivity contribution in [3.8, 4) is 11.5 Å². The molecular formula is C23H26N2O3. The number of carbonyl (C=O) groups excluding carboxylic acids is 1. The Kier molecular flexibility index (Phi) is 4.14. The zero-order valence-electron chi connectivity index (χ0n) is 17.0. The van der Waals surface area contributed by atoms with Crippen LogP contribution in [0.2, 0.25) is 0 Å². The third-order valence-electron chi connectivity index (χ3n) is 6.07. The Balaban J connectivity index is 1.82. The molecule has 0 bridgehead atoms. The minimum Gasteiger partial charge on any atom is -0.497 e. The summed E-state index contributed by atoms with van der Waals surface area (Å²) >= 11 is 0. The van der Waals surface area contributed by atoms with Gasteiger partial charge in [-0.05, 0) is 36.8 Å². The van der Waals surface area contributed by atoms with Crippen LogP contribution >= 0.6 is 0 Å². The maximum atomic E-state index is 12.4. The normalized spacial score (nSPS) is 22.2. The summed E-state index contributed by atoms with van der Waals surface area (Å²) in [6.45, 7) is 6.83. The van der Waals surface area contributed by atoms with E-state index in [4.69, 9.17) is 9.47 Å². The van der Waals surface area contributed by atoms with Crippen LogP contribution in [0.25, 0.3) is 6.08 Å². The lowest BCUT2D eigenvalue weighted by Gasteiger charge is -2.40. The standard InChI is InChI=1S/C23H26N2O3/c1-15-6-9-19-18(12-15)22(2,3)23(24-21(26)14-25(19)23)11-10-16-7-8-17(27-4)13-20(16)28-5/h6-13H,14H2,1-5H3,(H,24,26)/b11-10+/t23-/m1/s1. The van der Waals surface area contributed by atoms with Crippen molar-refractivity contribution in [2.75, 3.05) is 25.7 Å². The van der Waals surface area contributed by atoms with Gasteiger partial charge in [-0.25, -0.2) is 0 Å². The number of carbonyl (C=O) groups is 1. The van der Waals surface area contributed by atoms with Gasteiger partial charge in [-0.3, -0.25) is 4.79 Å². The van der Waals surface area contributed by atoms with E-state index in [2.05, 4.69) is 55.3 Å². The van der Waals surface area contributed by atoms with Gasteiger partial charge in [0.15, 0.2) is 0 Å². The van der Waals surface area contributed by atoms with Gasteiger partial charge in [-0.1, -0.05) is 37.6 Å². The topological polar surface area (TPSA) is 50.8 Å². The molecular weight excluding hydrogens is 352 g/mol. The summed E-state index contributed by atoms with van der Waals surface area (Å²) < 4.78 is 10.8. The Morgan fingerprint density at radius 1 is 1.11 bits per heavy atom. The van der Waals surface area contributed by atoms with E-state index in [9.17, 15) is 4.79 Å². The fraction of sp³-hybridized carbons (Fsp3) is 0.348. The van der Waals surface area contributed by atoms with Crippen LogP contribution in [0.5, 0.6) is 11.5 Å². The summed E-state index contributed by atoms with van der Waals surface area (Å²) in [4.78, 5) is 14.6. The molecule has 5 nitrogen and oxygen atoms in total. The van der Waals surface area contributed by atoms with Crippen molar-refractivity contribution in [2.45, 2.75) is 31.8 Å². The Labute approximate surface area is 165 Å². The second-order valence-electron chi connectivity index (χ2n) is 7.99. The Hall–Kier alpha value is -2.95. The van der Waals surface area contributed by atoms with Gasteiger partial charge < -0.3 is 19.7 Å². The van der Waals surface area contributed by atoms with Gasteiger partial charge in [-0.15, -0.1) is 0 Å². The van der Waals surface area contributed by atoms with Crippen LogP contribution in [0.15, 0.2) is 42.5 Å². The number of aryl methyl sites for hydroxylation is 1. The first-order valence-corrected chi connectivity index (χ1v) is 9.43. The predicted molar refractivity (Wildman–Crippen MR) is 111 cm³/mol. The van der Waals surface area contributed by atoms with Crippen LogP contribution in [-0.2, 0) is 10.2 Å². The van der Waals surface area contributed by atoms with Crippen LogP contribution in [0.3, 0.4) is 0 Å². The molecule has 2 aliphatic heterocycles. The molecule has 4 rings (SSSR count). The molecule has 2 aromatic carbocycles. The van der Waals surface area contributed by atoms with Crippen molar-refractivity contribution in [1.29, 1.82) is 0 Å². The third kappa shape index (κ3) is 2.49. The highest BCUT2D eigenvalue weighted by atomic mass is 16.5. The number of methoxy groups -OCH3 is 2. The number of fused-ring (bicyclic) bond motifs is 3. The molecule has 1 atom stereocenters. The van der Waals surface area contributed by atoms with Crippen LogP contribution in [0.1, 0.15) is 30.5 Å². The van der Waals surface area contributed by atoms with E-state index in [1.807, 2.05) is 24.3 Å². The van der Waals surface area contributed by atoms with Crippen LogP contribution in [-0.4, -0.2) is 32.3 Å². The van der Waals surface area contributed by atoms with Gasteiger partial charge in [0.1, 0.15) is 17.2 Å². The Morgan fingerprint density at radius 3 is 2.61 bits per heavy atom. The molecule has 2 aromatic rings. The van der Waals surface area contributed by atoms with Gasteiger partial charge in [0.05, 0.1) is 20.8 Å². The number of anilines is 1. The van der Waals surface area contributed by atoms with E-state index in [0.717, 1.165) is 22.7 Å². The molecule has 0 unspecified atom stereocenters. The zero-order valence-corrected chi connectivity index (χ0v) is 17.0. The van der Waals surface area contributed by atoms with Crippen molar-refractivity contribution in [1.82, 2.24) is 5.32 Å².